The van der Waals surface area contributed by atoms with Gasteiger partial charge in [-0.1, -0.05) is 12.1 Å². The van der Waals surface area contributed by atoms with Gasteiger partial charge in [0, 0.05) is 23.1 Å². The third kappa shape index (κ3) is 3.10. The van der Waals surface area contributed by atoms with Crippen LogP contribution in [0.3, 0.4) is 0 Å². The molecule has 1 heterocycles. The SMILES string of the molecule is COc1ccc(C[n+]2cccc3ccccc32)cc1.[I-]. The number of halogens is 1. The van der Waals surface area contributed by atoms with Gasteiger partial charge in [0.2, 0.25) is 5.52 Å². The lowest BCUT2D eigenvalue weighted by Gasteiger charge is -2.03. The molecule has 0 bridgehead atoms. The molecule has 0 unspecified atom stereocenters. The molecule has 20 heavy (non-hydrogen) atoms. The largest absolute Gasteiger partial charge is 1.00 e. The quantitative estimate of drug-likeness (QED) is 0.469. The minimum absolute atomic E-state index is 0. The molecule has 1 aromatic heterocycles. The van der Waals surface area contributed by atoms with E-state index in [1.807, 2.05) is 12.1 Å². The van der Waals surface area contributed by atoms with Gasteiger partial charge in [0.05, 0.1) is 7.11 Å². The molecular weight excluding hydrogens is 361 g/mol. The van der Waals surface area contributed by atoms with E-state index in [1.165, 1.54) is 16.5 Å². The van der Waals surface area contributed by atoms with Crippen LogP contribution >= 0.6 is 0 Å². The highest BCUT2D eigenvalue weighted by Crippen LogP contribution is 2.12. The molecule has 0 radical (unpaired) electrons. The molecule has 102 valence electrons. The summed E-state index contributed by atoms with van der Waals surface area (Å²) in [6.07, 6.45) is 2.12. The van der Waals surface area contributed by atoms with Gasteiger partial charge in [0.1, 0.15) is 5.75 Å². The van der Waals surface area contributed by atoms with Crippen LogP contribution < -0.4 is 33.3 Å². The van der Waals surface area contributed by atoms with Gasteiger partial charge in [0.15, 0.2) is 12.7 Å². The smallest absolute Gasteiger partial charge is 0.212 e. The molecule has 3 rings (SSSR count). The van der Waals surface area contributed by atoms with Crippen LogP contribution in [0.2, 0.25) is 0 Å². The van der Waals surface area contributed by atoms with Gasteiger partial charge in [-0.3, -0.25) is 0 Å². The Morgan fingerprint density at radius 1 is 0.900 bits per heavy atom. The van der Waals surface area contributed by atoms with Gasteiger partial charge < -0.3 is 28.7 Å². The van der Waals surface area contributed by atoms with E-state index in [-0.39, 0.29) is 24.0 Å². The van der Waals surface area contributed by atoms with Crippen LogP contribution in [0.5, 0.6) is 5.75 Å². The Kier molecular flexibility index (Phi) is 4.95. The first-order valence-corrected chi connectivity index (χ1v) is 6.37. The molecule has 0 saturated heterocycles. The molecule has 3 heteroatoms. The van der Waals surface area contributed by atoms with Crippen molar-refractivity contribution in [3.63, 3.8) is 0 Å². The van der Waals surface area contributed by atoms with Crippen molar-refractivity contribution in [1.82, 2.24) is 0 Å². The number of hydrogen-bond acceptors (Lipinski definition) is 1. The zero-order chi connectivity index (χ0) is 13.1. The van der Waals surface area contributed by atoms with E-state index in [1.54, 1.807) is 7.11 Å². The van der Waals surface area contributed by atoms with Crippen molar-refractivity contribution in [1.29, 1.82) is 0 Å². The van der Waals surface area contributed by atoms with E-state index in [0.717, 1.165) is 12.3 Å². The molecule has 0 spiro atoms. The standard InChI is InChI=1S/C17H16NO.HI/c1-19-16-10-8-14(9-11-16)13-18-12-4-6-15-5-2-3-7-17(15)18;/h2-12H,13H2,1H3;1H/q+1;/p-1. The molecule has 0 atom stereocenters. The minimum Gasteiger partial charge on any atom is -1.00 e. The lowest BCUT2D eigenvalue weighted by Crippen LogP contribution is -3.00. The number of para-hydroxylation sites is 1. The second-order valence-corrected chi connectivity index (χ2v) is 4.54. The average molecular weight is 377 g/mol. The number of nitrogens with zero attached hydrogens (tertiary/aromatic N) is 1. The van der Waals surface area contributed by atoms with Crippen LogP contribution in [0.15, 0.2) is 66.9 Å². The van der Waals surface area contributed by atoms with Crippen LogP contribution in [0, 0.1) is 0 Å². The second-order valence-electron chi connectivity index (χ2n) is 4.54. The summed E-state index contributed by atoms with van der Waals surface area (Å²) in [7, 11) is 1.69. The number of benzene rings is 2. The van der Waals surface area contributed by atoms with Crippen molar-refractivity contribution in [3.8, 4) is 5.75 Å². The van der Waals surface area contributed by atoms with Gasteiger partial charge in [-0.15, -0.1) is 0 Å². The molecule has 2 nitrogen and oxygen atoms in total. The Hall–Kier alpha value is -1.62. The predicted molar refractivity (Wildman–Crippen MR) is 76.2 cm³/mol. The van der Waals surface area contributed by atoms with E-state index in [9.17, 15) is 0 Å². The lowest BCUT2D eigenvalue weighted by molar-refractivity contribution is -0.662. The maximum Gasteiger partial charge on any atom is 0.212 e. The van der Waals surface area contributed by atoms with Gasteiger partial charge in [-0.2, -0.15) is 4.57 Å². The fraction of sp³-hybridized carbons (Fsp3) is 0.118. The normalized spacial score (nSPS) is 10.1. The van der Waals surface area contributed by atoms with Crippen LogP contribution in [-0.2, 0) is 6.54 Å². The first-order chi connectivity index (χ1) is 9.36. The van der Waals surface area contributed by atoms with Crippen LogP contribution in [0.1, 0.15) is 5.56 Å². The fourth-order valence-corrected chi connectivity index (χ4v) is 2.29. The Balaban J connectivity index is 0.00000147. The monoisotopic (exact) mass is 377 g/mol. The topological polar surface area (TPSA) is 13.1 Å². The highest BCUT2D eigenvalue weighted by Gasteiger charge is 2.08. The Morgan fingerprint density at radius 2 is 1.60 bits per heavy atom. The number of rotatable bonds is 3. The van der Waals surface area contributed by atoms with Crippen LogP contribution in [0.25, 0.3) is 10.9 Å². The molecule has 0 aliphatic carbocycles. The number of fused-ring (bicyclic) bond motifs is 1. The molecule has 3 aromatic rings. The van der Waals surface area contributed by atoms with Gasteiger partial charge in [0.25, 0.3) is 0 Å². The summed E-state index contributed by atoms with van der Waals surface area (Å²) in [5.74, 6) is 0.895. The van der Waals surface area contributed by atoms with Gasteiger partial charge in [-0.05, 0) is 36.4 Å². The average Bonchev–Trinajstić information content (AvgIpc) is 2.48. The molecule has 0 amide bonds. The molecular formula is C17H16INO. The Morgan fingerprint density at radius 3 is 2.35 bits per heavy atom. The van der Waals surface area contributed by atoms with E-state index in [4.69, 9.17) is 4.74 Å². The summed E-state index contributed by atoms with van der Waals surface area (Å²) >= 11 is 0. The maximum atomic E-state index is 5.18. The second kappa shape index (κ2) is 6.70. The van der Waals surface area contributed by atoms with E-state index in [2.05, 4.69) is 59.3 Å². The minimum atomic E-state index is 0. The summed E-state index contributed by atoms with van der Waals surface area (Å²) in [5, 5.41) is 1.26. The third-order valence-electron chi connectivity index (χ3n) is 3.30. The van der Waals surface area contributed by atoms with Crippen molar-refractivity contribution in [3.05, 3.63) is 72.4 Å². The number of ether oxygens (including phenoxy) is 1. The summed E-state index contributed by atoms with van der Waals surface area (Å²) < 4.78 is 7.44. The van der Waals surface area contributed by atoms with Gasteiger partial charge >= 0.3 is 0 Å². The number of methoxy groups -OCH3 is 1. The van der Waals surface area contributed by atoms with Crippen molar-refractivity contribution in [2.24, 2.45) is 0 Å². The highest BCUT2D eigenvalue weighted by atomic mass is 127. The summed E-state index contributed by atoms with van der Waals surface area (Å²) in [6.45, 7) is 0.866. The molecule has 0 saturated carbocycles. The zero-order valence-electron chi connectivity index (χ0n) is 11.3. The van der Waals surface area contributed by atoms with E-state index in [0.29, 0.717) is 0 Å². The molecule has 0 aliphatic rings. The Bertz CT molecular complexity index is 689. The third-order valence-corrected chi connectivity index (χ3v) is 3.30. The number of pyridine rings is 1. The highest BCUT2D eigenvalue weighted by molar-refractivity contribution is 5.74. The summed E-state index contributed by atoms with van der Waals surface area (Å²) in [6, 6.07) is 20.9. The first kappa shape index (κ1) is 14.8. The van der Waals surface area contributed by atoms with Crippen molar-refractivity contribution < 1.29 is 33.3 Å². The van der Waals surface area contributed by atoms with E-state index < -0.39 is 0 Å². The van der Waals surface area contributed by atoms with Crippen molar-refractivity contribution in [2.75, 3.05) is 7.11 Å². The molecule has 0 aliphatic heterocycles. The van der Waals surface area contributed by atoms with E-state index >= 15 is 0 Å². The molecule has 0 N–H and O–H groups in total. The first-order valence-electron chi connectivity index (χ1n) is 6.37. The van der Waals surface area contributed by atoms with Crippen LogP contribution in [0.4, 0.5) is 0 Å². The summed E-state index contributed by atoms with van der Waals surface area (Å²) in [4.78, 5) is 0. The van der Waals surface area contributed by atoms with Crippen molar-refractivity contribution >= 4 is 10.9 Å². The molecule has 2 aromatic carbocycles. The van der Waals surface area contributed by atoms with Crippen LogP contribution in [-0.4, -0.2) is 7.11 Å². The number of aromatic nitrogens is 1. The van der Waals surface area contributed by atoms with Crippen molar-refractivity contribution in [2.45, 2.75) is 6.54 Å². The van der Waals surface area contributed by atoms with Gasteiger partial charge in [-0.25, -0.2) is 0 Å². The number of hydrogen-bond donors (Lipinski definition) is 0. The summed E-state index contributed by atoms with van der Waals surface area (Å²) in [5.41, 5.74) is 2.52. The maximum absolute atomic E-state index is 5.18. The zero-order valence-corrected chi connectivity index (χ0v) is 13.4. The molecule has 0 fully saturated rings. The predicted octanol–water partition coefficient (Wildman–Crippen LogP) is 0.188. The fourth-order valence-electron chi connectivity index (χ4n) is 2.29. The Labute approximate surface area is 136 Å². The lowest BCUT2D eigenvalue weighted by atomic mass is 10.2.